The Kier molecular flexibility index (Phi) is 7.45. The molecule has 154 valence electrons. The second kappa shape index (κ2) is 10.2. The standard InChI is InChI=1S/C25H32N2O2/c1-19-6-8-21(9-7-19)10-11-22-13-16-27(17-14-22)24(28)12-15-26-25(29)23-5-3-4-20(2)18-23/h3-9,18,22H,10-17H2,1-2H3,(H,26,29). The van der Waals surface area contributed by atoms with Crippen molar-refractivity contribution in [2.45, 2.75) is 46.0 Å². The topological polar surface area (TPSA) is 49.4 Å². The summed E-state index contributed by atoms with van der Waals surface area (Å²) in [5.41, 5.74) is 4.40. The van der Waals surface area contributed by atoms with Gasteiger partial charge in [0.1, 0.15) is 0 Å². The quantitative estimate of drug-likeness (QED) is 0.764. The van der Waals surface area contributed by atoms with Gasteiger partial charge in [0.2, 0.25) is 5.91 Å². The second-order valence-electron chi connectivity index (χ2n) is 8.22. The van der Waals surface area contributed by atoms with Crippen molar-refractivity contribution in [2.24, 2.45) is 5.92 Å². The smallest absolute Gasteiger partial charge is 0.251 e. The summed E-state index contributed by atoms with van der Waals surface area (Å²) in [5, 5.41) is 2.86. The van der Waals surface area contributed by atoms with Gasteiger partial charge in [-0.05, 0) is 63.1 Å². The average molecular weight is 393 g/mol. The van der Waals surface area contributed by atoms with Crippen LogP contribution in [0, 0.1) is 19.8 Å². The van der Waals surface area contributed by atoms with Crippen LogP contribution in [0.1, 0.15) is 52.7 Å². The molecule has 1 aliphatic rings. The highest BCUT2D eigenvalue weighted by atomic mass is 16.2. The SMILES string of the molecule is Cc1ccc(CCC2CCN(C(=O)CCNC(=O)c3cccc(C)c3)CC2)cc1. The molecule has 0 spiro atoms. The summed E-state index contributed by atoms with van der Waals surface area (Å²) in [6, 6.07) is 16.3. The molecule has 0 atom stereocenters. The van der Waals surface area contributed by atoms with Crippen molar-refractivity contribution in [3.05, 3.63) is 70.8 Å². The number of aryl methyl sites for hydroxylation is 3. The number of carbonyl (C=O) groups excluding carboxylic acids is 2. The lowest BCUT2D eigenvalue weighted by Gasteiger charge is -2.32. The Bertz CT molecular complexity index is 821. The van der Waals surface area contributed by atoms with Gasteiger partial charge in [-0.15, -0.1) is 0 Å². The van der Waals surface area contributed by atoms with E-state index >= 15 is 0 Å². The monoisotopic (exact) mass is 392 g/mol. The zero-order valence-corrected chi connectivity index (χ0v) is 17.6. The fourth-order valence-corrected chi connectivity index (χ4v) is 3.93. The minimum atomic E-state index is -0.115. The van der Waals surface area contributed by atoms with Crippen molar-refractivity contribution in [2.75, 3.05) is 19.6 Å². The number of likely N-dealkylation sites (tertiary alicyclic amines) is 1. The highest BCUT2D eigenvalue weighted by molar-refractivity contribution is 5.94. The summed E-state index contributed by atoms with van der Waals surface area (Å²) in [5.74, 6) is 0.726. The molecule has 3 rings (SSSR count). The van der Waals surface area contributed by atoms with Gasteiger partial charge in [0, 0.05) is 31.6 Å². The van der Waals surface area contributed by atoms with Crippen LogP contribution >= 0.6 is 0 Å². The summed E-state index contributed by atoms with van der Waals surface area (Å²) < 4.78 is 0. The molecule has 1 N–H and O–H groups in total. The maximum atomic E-state index is 12.5. The molecule has 1 fully saturated rings. The first kappa shape index (κ1) is 21.1. The molecule has 0 aromatic heterocycles. The zero-order chi connectivity index (χ0) is 20.6. The molecule has 4 heteroatoms. The van der Waals surface area contributed by atoms with Crippen LogP contribution in [-0.4, -0.2) is 36.3 Å². The molecule has 2 aromatic carbocycles. The number of hydrogen-bond acceptors (Lipinski definition) is 2. The number of nitrogens with zero attached hydrogens (tertiary/aromatic N) is 1. The van der Waals surface area contributed by atoms with Crippen molar-refractivity contribution in [3.8, 4) is 0 Å². The Labute approximate surface area is 174 Å². The minimum Gasteiger partial charge on any atom is -0.352 e. The van der Waals surface area contributed by atoms with E-state index in [1.807, 2.05) is 30.0 Å². The van der Waals surface area contributed by atoms with Gasteiger partial charge in [-0.25, -0.2) is 0 Å². The summed E-state index contributed by atoms with van der Waals surface area (Å²) in [6.45, 7) is 6.14. The molecule has 2 aromatic rings. The Balaban J connectivity index is 1.34. The Hall–Kier alpha value is -2.62. The summed E-state index contributed by atoms with van der Waals surface area (Å²) in [6.07, 6.45) is 4.83. The van der Waals surface area contributed by atoms with Gasteiger partial charge in [0.25, 0.3) is 5.91 Å². The van der Waals surface area contributed by atoms with Crippen molar-refractivity contribution < 1.29 is 9.59 Å². The number of piperidine rings is 1. The molecule has 29 heavy (non-hydrogen) atoms. The van der Waals surface area contributed by atoms with E-state index in [0.29, 0.717) is 24.4 Å². The number of amides is 2. The van der Waals surface area contributed by atoms with Gasteiger partial charge in [0.05, 0.1) is 0 Å². The molecule has 0 aliphatic carbocycles. The van der Waals surface area contributed by atoms with Gasteiger partial charge in [-0.1, -0.05) is 47.5 Å². The molecule has 1 aliphatic heterocycles. The third-order valence-electron chi connectivity index (χ3n) is 5.83. The molecule has 4 nitrogen and oxygen atoms in total. The first-order valence-corrected chi connectivity index (χ1v) is 10.7. The third-order valence-corrected chi connectivity index (χ3v) is 5.83. The number of hydrogen-bond donors (Lipinski definition) is 1. The van der Waals surface area contributed by atoms with E-state index in [4.69, 9.17) is 0 Å². The lowest BCUT2D eigenvalue weighted by atomic mass is 9.90. The van der Waals surface area contributed by atoms with Crippen molar-refractivity contribution in [3.63, 3.8) is 0 Å². The Morgan fingerprint density at radius 3 is 2.41 bits per heavy atom. The largest absolute Gasteiger partial charge is 0.352 e. The Morgan fingerprint density at radius 2 is 1.72 bits per heavy atom. The third kappa shape index (κ3) is 6.45. The fraction of sp³-hybridized carbons (Fsp3) is 0.440. The highest BCUT2D eigenvalue weighted by Crippen LogP contribution is 2.23. The zero-order valence-electron chi connectivity index (χ0n) is 17.6. The van der Waals surface area contributed by atoms with E-state index in [-0.39, 0.29) is 11.8 Å². The first-order valence-electron chi connectivity index (χ1n) is 10.7. The molecule has 0 unspecified atom stereocenters. The van der Waals surface area contributed by atoms with Crippen LogP contribution in [-0.2, 0) is 11.2 Å². The Morgan fingerprint density at radius 1 is 1.00 bits per heavy atom. The van der Waals surface area contributed by atoms with E-state index in [9.17, 15) is 9.59 Å². The van der Waals surface area contributed by atoms with Crippen LogP contribution in [0.4, 0.5) is 0 Å². The number of rotatable bonds is 7. The predicted octanol–water partition coefficient (Wildman–Crippen LogP) is 4.29. The van der Waals surface area contributed by atoms with Crippen molar-refractivity contribution in [1.82, 2.24) is 10.2 Å². The number of carbonyl (C=O) groups is 2. The molecular weight excluding hydrogens is 360 g/mol. The highest BCUT2D eigenvalue weighted by Gasteiger charge is 2.22. The lowest BCUT2D eigenvalue weighted by Crippen LogP contribution is -2.40. The summed E-state index contributed by atoms with van der Waals surface area (Å²) >= 11 is 0. The molecule has 2 amide bonds. The predicted molar refractivity (Wildman–Crippen MR) is 117 cm³/mol. The average Bonchev–Trinajstić information content (AvgIpc) is 2.73. The molecule has 1 saturated heterocycles. The number of nitrogens with one attached hydrogen (secondary N) is 1. The minimum absolute atomic E-state index is 0.115. The van der Waals surface area contributed by atoms with Crippen LogP contribution in [0.5, 0.6) is 0 Å². The second-order valence-corrected chi connectivity index (χ2v) is 8.22. The lowest BCUT2D eigenvalue weighted by molar-refractivity contribution is -0.132. The van der Waals surface area contributed by atoms with E-state index < -0.39 is 0 Å². The van der Waals surface area contributed by atoms with Gasteiger partial charge >= 0.3 is 0 Å². The van der Waals surface area contributed by atoms with Gasteiger partial charge in [0.15, 0.2) is 0 Å². The first-order chi connectivity index (χ1) is 14.0. The van der Waals surface area contributed by atoms with Crippen molar-refractivity contribution in [1.29, 1.82) is 0 Å². The normalized spacial score (nSPS) is 14.6. The van der Waals surface area contributed by atoms with Crippen LogP contribution in [0.15, 0.2) is 48.5 Å². The molecule has 0 bridgehead atoms. The van der Waals surface area contributed by atoms with E-state index in [1.54, 1.807) is 6.07 Å². The number of benzene rings is 2. The van der Waals surface area contributed by atoms with E-state index in [0.717, 1.165) is 37.9 Å². The molecular formula is C25H32N2O2. The van der Waals surface area contributed by atoms with E-state index in [2.05, 4.69) is 36.5 Å². The van der Waals surface area contributed by atoms with Gasteiger partial charge < -0.3 is 10.2 Å². The fourth-order valence-electron chi connectivity index (χ4n) is 3.93. The summed E-state index contributed by atoms with van der Waals surface area (Å²) in [4.78, 5) is 26.6. The maximum Gasteiger partial charge on any atom is 0.251 e. The van der Waals surface area contributed by atoms with Gasteiger partial charge in [-0.2, -0.15) is 0 Å². The maximum absolute atomic E-state index is 12.5. The van der Waals surface area contributed by atoms with Crippen molar-refractivity contribution >= 4 is 11.8 Å². The van der Waals surface area contributed by atoms with Crippen LogP contribution in [0.3, 0.4) is 0 Å². The van der Waals surface area contributed by atoms with E-state index in [1.165, 1.54) is 17.5 Å². The van der Waals surface area contributed by atoms with Crippen LogP contribution in [0.2, 0.25) is 0 Å². The van der Waals surface area contributed by atoms with Crippen LogP contribution in [0.25, 0.3) is 0 Å². The van der Waals surface area contributed by atoms with Crippen LogP contribution < -0.4 is 5.32 Å². The van der Waals surface area contributed by atoms with Gasteiger partial charge in [-0.3, -0.25) is 9.59 Å². The molecule has 1 heterocycles. The molecule has 0 radical (unpaired) electrons. The molecule has 0 saturated carbocycles. The summed E-state index contributed by atoms with van der Waals surface area (Å²) in [7, 11) is 0.